The van der Waals surface area contributed by atoms with Gasteiger partial charge < -0.3 is 25.9 Å². The summed E-state index contributed by atoms with van der Waals surface area (Å²) in [7, 11) is 0. The second-order valence-corrected chi connectivity index (χ2v) is 8.09. The van der Waals surface area contributed by atoms with Crippen molar-refractivity contribution in [1.29, 1.82) is 0 Å². The van der Waals surface area contributed by atoms with Crippen LogP contribution in [-0.2, 0) is 6.42 Å². The van der Waals surface area contributed by atoms with Gasteiger partial charge in [0.05, 0.1) is 18.0 Å². The molecule has 0 radical (unpaired) electrons. The molecule has 0 atom stereocenters. The number of hydrogen-bond donors (Lipinski definition) is 3. The topological polar surface area (TPSA) is 116 Å². The summed E-state index contributed by atoms with van der Waals surface area (Å²) < 4.78 is 7.77. The number of aliphatic hydroxyl groups excluding tert-OH is 1. The molecular weight excluding hydrogens is 368 g/mol. The zero-order valence-corrected chi connectivity index (χ0v) is 17.2. The molecule has 0 saturated carbocycles. The highest BCUT2D eigenvalue weighted by atomic mass is 16.5. The van der Waals surface area contributed by atoms with Crippen molar-refractivity contribution in [3.63, 3.8) is 0 Å². The first kappa shape index (κ1) is 20.7. The lowest BCUT2D eigenvalue weighted by Gasteiger charge is -2.30. The average Bonchev–Trinajstić information content (AvgIpc) is 2.95. The number of rotatable bonds is 6. The number of fused-ring (bicyclic) bond motifs is 1. The SMILES string of the molecule is C=C/N=C(/N)c1ccc(-n2cc(C)c3c2CC(C)(C)CC3=O)c(OCCO)c1N. The molecule has 0 unspecified atom stereocenters. The number of aryl methyl sites for hydroxylation is 1. The summed E-state index contributed by atoms with van der Waals surface area (Å²) in [6.07, 6.45) is 4.55. The number of aromatic nitrogens is 1. The molecule has 0 spiro atoms. The third-order valence-corrected chi connectivity index (χ3v) is 5.14. The zero-order chi connectivity index (χ0) is 21.3. The van der Waals surface area contributed by atoms with Gasteiger partial charge >= 0.3 is 0 Å². The van der Waals surface area contributed by atoms with Crippen LogP contribution < -0.4 is 16.2 Å². The van der Waals surface area contributed by atoms with Gasteiger partial charge in [-0.3, -0.25) is 4.79 Å². The minimum absolute atomic E-state index is 0.0754. The van der Waals surface area contributed by atoms with E-state index < -0.39 is 0 Å². The van der Waals surface area contributed by atoms with Gasteiger partial charge in [0, 0.05) is 35.6 Å². The van der Waals surface area contributed by atoms with E-state index in [1.807, 2.05) is 23.8 Å². The summed E-state index contributed by atoms with van der Waals surface area (Å²) in [6.45, 7) is 9.59. The van der Waals surface area contributed by atoms with Crippen molar-refractivity contribution in [2.75, 3.05) is 18.9 Å². The molecule has 7 nitrogen and oxygen atoms in total. The normalized spacial score (nSPS) is 15.9. The van der Waals surface area contributed by atoms with Crippen molar-refractivity contribution < 1.29 is 14.6 Å². The van der Waals surface area contributed by atoms with E-state index in [4.69, 9.17) is 16.2 Å². The first-order chi connectivity index (χ1) is 13.7. The van der Waals surface area contributed by atoms with E-state index in [1.54, 1.807) is 6.07 Å². The number of Topliss-reactive ketones (excluding diaryl/α,β-unsaturated/α-hetero) is 1. The van der Waals surface area contributed by atoms with Gasteiger partial charge in [0.2, 0.25) is 0 Å². The fraction of sp³-hybridized carbons (Fsp3) is 0.364. The van der Waals surface area contributed by atoms with Gasteiger partial charge in [0.25, 0.3) is 0 Å². The van der Waals surface area contributed by atoms with Crippen LogP contribution in [0.5, 0.6) is 5.75 Å². The molecule has 29 heavy (non-hydrogen) atoms. The van der Waals surface area contributed by atoms with Crippen LogP contribution in [0.2, 0.25) is 0 Å². The number of amidine groups is 1. The smallest absolute Gasteiger partial charge is 0.167 e. The first-order valence-electron chi connectivity index (χ1n) is 9.55. The minimum Gasteiger partial charge on any atom is -0.487 e. The molecule has 1 aromatic carbocycles. The van der Waals surface area contributed by atoms with Gasteiger partial charge in [-0.25, -0.2) is 4.99 Å². The molecule has 0 fully saturated rings. The molecule has 1 aromatic heterocycles. The Morgan fingerprint density at radius 2 is 2.14 bits per heavy atom. The standard InChI is InChI=1S/C22H28N4O3/c1-5-25-21(24)14-6-7-15(20(19(14)23)29-9-8-27)26-12-13(2)18-16(26)10-22(3,4)11-17(18)28/h5-7,12,27H,1,8-11,23H2,2-4H3,(H2,24,25). The van der Waals surface area contributed by atoms with Crippen LogP contribution in [0.4, 0.5) is 5.69 Å². The molecule has 0 amide bonds. The molecule has 1 aliphatic rings. The third kappa shape index (κ3) is 3.78. The second-order valence-electron chi connectivity index (χ2n) is 8.09. The molecule has 154 valence electrons. The summed E-state index contributed by atoms with van der Waals surface area (Å²) in [6, 6.07) is 3.62. The van der Waals surface area contributed by atoms with Gasteiger partial charge in [-0.2, -0.15) is 0 Å². The quantitative estimate of drug-likeness (QED) is 0.394. The third-order valence-electron chi connectivity index (χ3n) is 5.14. The molecule has 0 saturated heterocycles. The Balaban J connectivity index is 2.23. The monoisotopic (exact) mass is 396 g/mol. The van der Waals surface area contributed by atoms with Crippen LogP contribution in [-0.4, -0.2) is 34.5 Å². The van der Waals surface area contributed by atoms with Gasteiger partial charge in [-0.05, 0) is 36.5 Å². The molecule has 1 aliphatic carbocycles. The number of ether oxygens (including phenoxy) is 1. The highest BCUT2D eigenvalue weighted by molar-refractivity contribution is 6.04. The van der Waals surface area contributed by atoms with Crippen molar-refractivity contribution in [1.82, 2.24) is 4.57 Å². The van der Waals surface area contributed by atoms with Gasteiger partial charge in [0.1, 0.15) is 12.4 Å². The van der Waals surface area contributed by atoms with E-state index in [1.165, 1.54) is 6.20 Å². The Morgan fingerprint density at radius 1 is 1.41 bits per heavy atom. The summed E-state index contributed by atoms with van der Waals surface area (Å²) in [5.74, 6) is 0.768. The van der Waals surface area contributed by atoms with Crippen molar-refractivity contribution in [3.05, 3.63) is 53.5 Å². The van der Waals surface area contributed by atoms with Crippen LogP contribution in [0, 0.1) is 12.3 Å². The maximum absolute atomic E-state index is 12.8. The number of hydrogen-bond acceptors (Lipinski definition) is 5. The highest BCUT2D eigenvalue weighted by Crippen LogP contribution is 2.41. The van der Waals surface area contributed by atoms with E-state index in [0.29, 0.717) is 29.1 Å². The zero-order valence-electron chi connectivity index (χ0n) is 17.2. The van der Waals surface area contributed by atoms with Crippen molar-refractivity contribution in [2.24, 2.45) is 16.1 Å². The predicted octanol–water partition coefficient (Wildman–Crippen LogP) is 2.74. The van der Waals surface area contributed by atoms with Crippen LogP contribution in [0.1, 0.15) is 47.4 Å². The summed E-state index contributed by atoms with van der Waals surface area (Å²) in [4.78, 5) is 16.8. The number of aliphatic imine (C=N–C) groups is 1. The summed E-state index contributed by atoms with van der Waals surface area (Å²) in [5, 5.41) is 9.26. The molecule has 1 heterocycles. The van der Waals surface area contributed by atoms with E-state index in [-0.39, 0.29) is 30.2 Å². The number of nitrogen functional groups attached to an aromatic ring is 1. The van der Waals surface area contributed by atoms with Gasteiger partial charge in [-0.1, -0.05) is 20.4 Å². The highest BCUT2D eigenvalue weighted by Gasteiger charge is 2.35. The lowest BCUT2D eigenvalue weighted by atomic mass is 9.75. The maximum atomic E-state index is 12.8. The number of aliphatic hydroxyl groups is 1. The predicted molar refractivity (Wildman–Crippen MR) is 115 cm³/mol. The fourth-order valence-corrected chi connectivity index (χ4v) is 3.96. The summed E-state index contributed by atoms with van der Waals surface area (Å²) >= 11 is 0. The molecule has 0 aliphatic heterocycles. The van der Waals surface area contributed by atoms with Crippen LogP contribution in [0.25, 0.3) is 5.69 Å². The number of benzene rings is 1. The number of carbonyl (C=O) groups is 1. The number of anilines is 1. The van der Waals surface area contributed by atoms with E-state index in [2.05, 4.69) is 25.4 Å². The lowest BCUT2D eigenvalue weighted by molar-refractivity contribution is 0.0910. The number of nitrogens with zero attached hydrogens (tertiary/aromatic N) is 2. The number of nitrogens with two attached hydrogens (primary N) is 2. The Hall–Kier alpha value is -3.06. The van der Waals surface area contributed by atoms with Crippen molar-refractivity contribution >= 4 is 17.3 Å². The Labute approximate surface area is 170 Å². The average molecular weight is 396 g/mol. The molecule has 0 bridgehead atoms. The van der Waals surface area contributed by atoms with Crippen molar-refractivity contribution in [3.8, 4) is 11.4 Å². The maximum Gasteiger partial charge on any atom is 0.167 e. The minimum atomic E-state index is -0.159. The first-order valence-corrected chi connectivity index (χ1v) is 9.55. The molecule has 7 heteroatoms. The Morgan fingerprint density at radius 3 is 2.79 bits per heavy atom. The van der Waals surface area contributed by atoms with Crippen LogP contribution >= 0.6 is 0 Å². The van der Waals surface area contributed by atoms with Crippen LogP contribution in [0.3, 0.4) is 0 Å². The van der Waals surface area contributed by atoms with Crippen molar-refractivity contribution in [2.45, 2.75) is 33.6 Å². The molecule has 2 aromatic rings. The molecular formula is C22H28N4O3. The Kier molecular flexibility index (Phi) is 5.53. The van der Waals surface area contributed by atoms with E-state index in [0.717, 1.165) is 23.2 Å². The van der Waals surface area contributed by atoms with E-state index in [9.17, 15) is 9.90 Å². The van der Waals surface area contributed by atoms with Gasteiger partial charge in [0.15, 0.2) is 11.5 Å². The van der Waals surface area contributed by atoms with Crippen LogP contribution in [0.15, 0.2) is 36.1 Å². The molecule has 3 rings (SSSR count). The Bertz CT molecular complexity index is 1000. The van der Waals surface area contributed by atoms with E-state index >= 15 is 0 Å². The lowest BCUT2D eigenvalue weighted by Crippen LogP contribution is -2.28. The molecule has 5 N–H and O–H groups in total. The van der Waals surface area contributed by atoms with Gasteiger partial charge in [-0.15, -0.1) is 0 Å². The number of carbonyl (C=O) groups excluding carboxylic acids is 1. The largest absolute Gasteiger partial charge is 0.487 e. The second kappa shape index (κ2) is 7.75. The fourth-order valence-electron chi connectivity index (χ4n) is 3.96. The summed E-state index contributed by atoms with van der Waals surface area (Å²) in [5.41, 5.74) is 16.4. The number of ketones is 1.